The van der Waals surface area contributed by atoms with Gasteiger partial charge >= 0.3 is 0 Å². The first-order chi connectivity index (χ1) is 16.1. The number of ether oxygens (including phenoxy) is 1. The van der Waals surface area contributed by atoms with E-state index < -0.39 is 26.6 Å². The van der Waals surface area contributed by atoms with Crippen LogP contribution in [0, 0.1) is 24.4 Å². The van der Waals surface area contributed by atoms with E-state index in [4.69, 9.17) is 9.88 Å². The molecule has 0 atom stereocenters. The van der Waals surface area contributed by atoms with Crippen LogP contribution in [0.25, 0.3) is 22.2 Å². The Hall–Kier alpha value is -3.64. The van der Waals surface area contributed by atoms with Crippen molar-refractivity contribution in [3.63, 3.8) is 0 Å². The summed E-state index contributed by atoms with van der Waals surface area (Å²) in [6.07, 6.45) is 1.20. The van der Waals surface area contributed by atoms with Crippen molar-refractivity contribution in [1.82, 2.24) is 14.5 Å². The fourth-order valence-corrected chi connectivity index (χ4v) is 4.45. The highest BCUT2D eigenvalue weighted by atomic mass is 32.2. The minimum Gasteiger partial charge on any atom is -0.496 e. The first-order valence-corrected chi connectivity index (χ1v) is 11.5. The van der Waals surface area contributed by atoms with Crippen LogP contribution in [0.15, 0.2) is 47.6 Å². The maximum Gasteiger partial charge on any atom is 0.243 e. The molecular formula is C22H20F3N5O3S. The molecule has 4 aromatic rings. The molecule has 0 spiro atoms. The van der Waals surface area contributed by atoms with E-state index in [1.165, 1.54) is 25.6 Å². The zero-order valence-corrected chi connectivity index (χ0v) is 19.0. The Morgan fingerprint density at radius 2 is 1.76 bits per heavy atom. The number of nitrogens with one attached hydrogen (secondary N) is 1. The van der Waals surface area contributed by atoms with Gasteiger partial charge in [0.05, 0.1) is 18.3 Å². The number of benzene rings is 2. The monoisotopic (exact) mass is 491 g/mol. The smallest absolute Gasteiger partial charge is 0.243 e. The van der Waals surface area contributed by atoms with E-state index >= 15 is 0 Å². The number of rotatable bonds is 7. The van der Waals surface area contributed by atoms with Crippen molar-refractivity contribution >= 4 is 26.7 Å². The second-order valence-electron chi connectivity index (χ2n) is 7.48. The molecule has 0 amide bonds. The van der Waals surface area contributed by atoms with Crippen LogP contribution in [0.3, 0.4) is 0 Å². The van der Waals surface area contributed by atoms with Gasteiger partial charge in [0.15, 0.2) is 4.90 Å². The minimum atomic E-state index is -4.56. The van der Waals surface area contributed by atoms with Gasteiger partial charge in [-0.15, -0.1) is 0 Å². The predicted molar refractivity (Wildman–Crippen MR) is 120 cm³/mol. The molecule has 0 saturated heterocycles. The number of fused-ring (bicyclic) bond motifs is 1. The molecule has 3 N–H and O–H groups in total. The van der Waals surface area contributed by atoms with E-state index in [1.54, 1.807) is 10.6 Å². The molecule has 8 nitrogen and oxygen atoms in total. The Kier molecular flexibility index (Phi) is 6.19. The van der Waals surface area contributed by atoms with Gasteiger partial charge in [0.2, 0.25) is 10.0 Å². The van der Waals surface area contributed by atoms with Crippen LogP contribution >= 0.6 is 0 Å². The second-order valence-corrected chi connectivity index (χ2v) is 8.98. The minimum absolute atomic E-state index is 0.00858. The number of aromatic nitrogens is 3. The molecule has 0 saturated carbocycles. The number of aryl methyl sites for hydroxylation is 1. The van der Waals surface area contributed by atoms with E-state index in [9.17, 15) is 21.6 Å². The van der Waals surface area contributed by atoms with Crippen molar-refractivity contribution in [1.29, 1.82) is 0 Å². The van der Waals surface area contributed by atoms with E-state index in [-0.39, 0.29) is 17.1 Å². The largest absolute Gasteiger partial charge is 0.496 e. The van der Waals surface area contributed by atoms with Crippen molar-refractivity contribution < 1.29 is 26.3 Å². The maximum atomic E-state index is 14.5. The molecular weight excluding hydrogens is 471 g/mol. The molecule has 2 aromatic heterocycles. The molecule has 2 aromatic carbocycles. The van der Waals surface area contributed by atoms with Crippen LogP contribution in [0.1, 0.15) is 5.69 Å². The molecule has 0 fully saturated rings. The summed E-state index contributed by atoms with van der Waals surface area (Å²) in [5.74, 6) is -2.09. The lowest BCUT2D eigenvalue weighted by Crippen LogP contribution is -2.16. The number of halogens is 3. The molecule has 0 aliphatic heterocycles. The Bertz CT molecular complexity index is 1480. The summed E-state index contributed by atoms with van der Waals surface area (Å²) in [5, 5.41) is 8.59. The highest BCUT2D eigenvalue weighted by molar-refractivity contribution is 7.89. The van der Waals surface area contributed by atoms with Crippen LogP contribution in [-0.2, 0) is 16.6 Å². The molecule has 2 heterocycles. The second kappa shape index (κ2) is 8.95. The van der Waals surface area contributed by atoms with Crippen LogP contribution in [0.4, 0.5) is 19.0 Å². The van der Waals surface area contributed by atoms with Gasteiger partial charge in [-0.2, -0.15) is 0 Å². The molecule has 0 bridgehead atoms. The first-order valence-electron chi connectivity index (χ1n) is 10.0. The number of sulfonamides is 1. The molecule has 178 valence electrons. The van der Waals surface area contributed by atoms with Crippen LogP contribution in [-0.4, -0.2) is 36.6 Å². The third kappa shape index (κ3) is 4.41. The summed E-state index contributed by atoms with van der Waals surface area (Å²) < 4.78 is 72.8. The lowest BCUT2D eigenvalue weighted by atomic mass is 10.1. The van der Waals surface area contributed by atoms with Crippen molar-refractivity contribution in [2.45, 2.75) is 18.4 Å². The summed E-state index contributed by atoms with van der Waals surface area (Å²) in [6, 6.07) is 7.88. The van der Waals surface area contributed by atoms with Gasteiger partial charge in [-0.05, 0) is 37.3 Å². The average molecular weight is 491 g/mol. The molecule has 0 radical (unpaired) electrons. The van der Waals surface area contributed by atoms with E-state index in [1.807, 2.05) is 13.0 Å². The Morgan fingerprint density at radius 1 is 1.06 bits per heavy atom. The standard InChI is InChI=1S/C22H20F3N5O3S/c1-12-7-14-19(33-2)4-3-15(23)21(14)30(12)6-5-27-20-10-18(28-11-29-20)13-8-16(24)22(17(25)9-13)34(26,31)32/h3-4,7-11H,5-6H2,1-2H3,(H2,26,31,32)(H,27,28,29). The zero-order chi connectivity index (χ0) is 24.6. The van der Waals surface area contributed by atoms with E-state index in [0.29, 0.717) is 35.6 Å². The molecule has 34 heavy (non-hydrogen) atoms. The molecule has 12 heteroatoms. The fraction of sp³-hybridized carbons (Fsp3) is 0.182. The summed E-state index contributed by atoms with van der Waals surface area (Å²) in [6.45, 7) is 2.60. The van der Waals surface area contributed by atoms with E-state index in [0.717, 1.165) is 17.8 Å². The molecule has 0 aliphatic rings. The summed E-state index contributed by atoms with van der Waals surface area (Å²) in [7, 11) is -3.04. The van der Waals surface area contributed by atoms with Gasteiger partial charge in [-0.25, -0.2) is 36.7 Å². The number of nitrogens with zero attached hydrogens (tertiary/aromatic N) is 3. The number of methoxy groups -OCH3 is 1. The number of hydrogen-bond donors (Lipinski definition) is 2. The molecule has 4 rings (SSSR count). The van der Waals surface area contributed by atoms with E-state index in [2.05, 4.69) is 15.3 Å². The van der Waals surface area contributed by atoms with Gasteiger partial charge in [-0.1, -0.05) is 0 Å². The highest BCUT2D eigenvalue weighted by Gasteiger charge is 2.22. The first kappa shape index (κ1) is 23.5. The summed E-state index contributed by atoms with van der Waals surface area (Å²) in [4.78, 5) is 6.87. The van der Waals surface area contributed by atoms with Crippen molar-refractivity contribution in [3.05, 3.63) is 65.9 Å². The topological polar surface area (TPSA) is 112 Å². The van der Waals surface area contributed by atoms with Gasteiger partial charge in [0.25, 0.3) is 0 Å². The summed E-state index contributed by atoms with van der Waals surface area (Å²) in [5.41, 5.74) is 1.43. The molecule has 0 aliphatic carbocycles. The Morgan fingerprint density at radius 3 is 2.41 bits per heavy atom. The van der Waals surface area contributed by atoms with Gasteiger partial charge < -0.3 is 14.6 Å². The zero-order valence-electron chi connectivity index (χ0n) is 18.1. The van der Waals surface area contributed by atoms with Crippen LogP contribution < -0.4 is 15.2 Å². The van der Waals surface area contributed by atoms with Crippen molar-refractivity contribution in [2.24, 2.45) is 5.14 Å². The Balaban J connectivity index is 1.56. The number of anilines is 1. The lowest BCUT2D eigenvalue weighted by Gasteiger charge is -2.12. The number of primary sulfonamides is 1. The number of nitrogens with two attached hydrogens (primary N) is 1. The normalized spacial score (nSPS) is 11.7. The fourth-order valence-electron chi connectivity index (χ4n) is 3.79. The quantitative estimate of drug-likeness (QED) is 0.409. The van der Waals surface area contributed by atoms with Gasteiger partial charge in [0, 0.05) is 35.8 Å². The third-order valence-electron chi connectivity index (χ3n) is 5.28. The van der Waals surface area contributed by atoms with Crippen molar-refractivity contribution in [3.8, 4) is 17.0 Å². The highest BCUT2D eigenvalue weighted by Crippen LogP contribution is 2.31. The summed E-state index contributed by atoms with van der Waals surface area (Å²) >= 11 is 0. The van der Waals surface area contributed by atoms with Crippen molar-refractivity contribution in [2.75, 3.05) is 19.0 Å². The Labute approximate surface area is 193 Å². The average Bonchev–Trinajstić information content (AvgIpc) is 3.10. The van der Waals surface area contributed by atoms with Crippen LogP contribution in [0.5, 0.6) is 5.75 Å². The SMILES string of the molecule is COc1ccc(F)c2c1cc(C)n2CCNc1cc(-c2cc(F)c(S(N)(=O)=O)c(F)c2)ncn1. The van der Waals surface area contributed by atoms with Gasteiger partial charge in [-0.3, -0.25) is 0 Å². The molecule has 0 unspecified atom stereocenters. The van der Waals surface area contributed by atoms with Gasteiger partial charge in [0.1, 0.15) is 35.3 Å². The maximum absolute atomic E-state index is 14.5. The number of hydrogen-bond acceptors (Lipinski definition) is 6. The van der Waals surface area contributed by atoms with Crippen LogP contribution in [0.2, 0.25) is 0 Å². The predicted octanol–water partition coefficient (Wildman–Crippen LogP) is 3.59. The third-order valence-corrected chi connectivity index (χ3v) is 6.24. The lowest BCUT2D eigenvalue weighted by molar-refractivity contribution is 0.419.